The summed E-state index contributed by atoms with van der Waals surface area (Å²) >= 11 is 3.56. The molecule has 22 heavy (non-hydrogen) atoms. The minimum absolute atomic E-state index is 0.0746. The third-order valence-corrected chi connectivity index (χ3v) is 4.19. The number of hydrogen-bond acceptors (Lipinski definition) is 4. The molecule has 0 fully saturated rings. The van der Waals surface area contributed by atoms with E-state index in [4.69, 9.17) is 5.73 Å². The number of anilines is 1. The Bertz CT molecular complexity index is 717. The summed E-state index contributed by atoms with van der Waals surface area (Å²) in [5.41, 5.74) is 4.44. The maximum atomic E-state index is 12.9. The average Bonchev–Trinajstić information content (AvgIpc) is 2.79. The van der Waals surface area contributed by atoms with E-state index in [0.717, 1.165) is 0 Å². The van der Waals surface area contributed by atoms with E-state index in [0.29, 0.717) is 21.4 Å². The van der Waals surface area contributed by atoms with Crippen molar-refractivity contribution in [1.29, 1.82) is 0 Å². The molecule has 2 aromatic rings. The number of rotatable bonds is 3. The van der Waals surface area contributed by atoms with Gasteiger partial charge in [0.15, 0.2) is 10.8 Å². The van der Waals surface area contributed by atoms with Gasteiger partial charge in [-0.3, -0.25) is 4.79 Å². The number of nitrogens with zero attached hydrogens (tertiary/aromatic N) is 1. The molecule has 0 aliphatic heterocycles. The van der Waals surface area contributed by atoms with Crippen molar-refractivity contribution in [2.75, 3.05) is 5.73 Å². The van der Waals surface area contributed by atoms with E-state index in [1.807, 2.05) is 0 Å². The molecule has 0 unspecified atom stereocenters. The Morgan fingerprint density at radius 1 is 1.41 bits per heavy atom. The van der Waals surface area contributed by atoms with E-state index in [9.17, 15) is 22.4 Å². The number of nitrogens with two attached hydrogens (primary N) is 1. The molecule has 0 atom stereocenters. The van der Waals surface area contributed by atoms with Gasteiger partial charge in [0.05, 0.1) is 0 Å². The molecular weight excluding hydrogens is 390 g/mol. The van der Waals surface area contributed by atoms with Gasteiger partial charge in [-0.05, 0) is 17.7 Å². The fraction of sp³-hybridized carbons (Fsp3) is 0.167. The molecule has 0 radical (unpaired) electrons. The van der Waals surface area contributed by atoms with Crippen LogP contribution in [0.4, 0.5) is 22.7 Å². The first-order valence-electron chi connectivity index (χ1n) is 5.74. The summed E-state index contributed by atoms with van der Waals surface area (Å²) in [5.74, 6) is -1.42. The molecular formula is C12H8BrF4N3OS. The summed E-state index contributed by atoms with van der Waals surface area (Å²) in [7, 11) is 0. The lowest BCUT2D eigenvalue weighted by Crippen LogP contribution is -2.25. The molecule has 1 heterocycles. The summed E-state index contributed by atoms with van der Waals surface area (Å²) in [6, 6.07) is 3.77. The van der Waals surface area contributed by atoms with Crippen molar-refractivity contribution < 1.29 is 22.4 Å². The number of hydrogen-bond donors (Lipinski definition) is 2. The van der Waals surface area contributed by atoms with Crippen LogP contribution in [-0.2, 0) is 12.7 Å². The van der Waals surface area contributed by atoms with Crippen LogP contribution in [0.1, 0.15) is 20.9 Å². The molecule has 1 aromatic heterocycles. The predicted octanol–water partition coefficient (Wildman–Crippen LogP) is 3.58. The van der Waals surface area contributed by atoms with Crippen molar-refractivity contribution in [3.63, 3.8) is 0 Å². The first-order valence-corrected chi connectivity index (χ1v) is 7.35. The van der Waals surface area contributed by atoms with Crippen LogP contribution in [0.25, 0.3) is 0 Å². The SMILES string of the molecule is Nc1nc(C(F)(F)F)c(C(=O)NCc2ccc(F)cc2Br)s1. The van der Waals surface area contributed by atoms with E-state index < -0.39 is 28.5 Å². The van der Waals surface area contributed by atoms with Crippen molar-refractivity contribution in [3.8, 4) is 0 Å². The van der Waals surface area contributed by atoms with Gasteiger partial charge in [-0.15, -0.1) is 0 Å². The number of nitrogen functional groups attached to an aromatic ring is 1. The number of aromatic nitrogens is 1. The van der Waals surface area contributed by atoms with Crippen molar-refractivity contribution in [3.05, 3.63) is 44.6 Å². The Morgan fingerprint density at radius 3 is 2.68 bits per heavy atom. The van der Waals surface area contributed by atoms with Crippen LogP contribution in [0, 0.1) is 5.82 Å². The molecule has 1 amide bonds. The smallest absolute Gasteiger partial charge is 0.375 e. The van der Waals surface area contributed by atoms with Gasteiger partial charge >= 0.3 is 6.18 Å². The number of halogens is 5. The second-order valence-corrected chi connectivity index (χ2v) is 6.03. The highest BCUT2D eigenvalue weighted by molar-refractivity contribution is 9.10. The second kappa shape index (κ2) is 6.21. The van der Waals surface area contributed by atoms with E-state index in [1.165, 1.54) is 18.2 Å². The highest BCUT2D eigenvalue weighted by Gasteiger charge is 2.39. The number of amides is 1. The Labute approximate surface area is 134 Å². The number of nitrogens with one attached hydrogen (secondary N) is 1. The van der Waals surface area contributed by atoms with Crippen LogP contribution in [0.15, 0.2) is 22.7 Å². The Balaban J connectivity index is 2.16. The van der Waals surface area contributed by atoms with Crippen LogP contribution in [0.3, 0.4) is 0 Å². The summed E-state index contributed by atoms with van der Waals surface area (Å²) in [4.78, 5) is 14.4. The maximum absolute atomic E-state index is 12.9. The van der Waals surface area contributed by atoms with Crippen LogP contribution >= 0.6 is 27.3 Å². The molecule has 4 nitrogen and oxygen atoms in total. The lowest BCUT2D eigenvalue weighted by molar-refractivity contribution is -0.141. The quantitative estimate of drug-likeness (QED) is 0.777. The zero-order chi connectivity index (χ0) is 16.5. The van der Waals surface area contributed by atoms with Gasteiger partial charge < -0.3 is 11.1 Å². The highest BCUT2D eigenvalue weighted by atomic mass is 79.9. The van der Waals surface area contributed by atoms with Crippen LogP contribution in [0.2, 0.25) is 0 Å². The molecule has 0 spiro atoms. The zero-order valence-electron chi connectivity index (χ0n) is 10.7. The monoisotopic (exact) mass is 397 g/mol. The summed E-state index contributed by atoms with van der Waals surface area (Å²) in [6.07, 6.45) is -4.77. The number of alkyl halides is 3. The fourth-order valence-corrected chi connectivity index (χ4v) is 2.86. The summed E-state index contributed by atoms with van der Waals surface area (Å²) in [6.45, 7) is -0.0746. The van der Waals surface area contributed by atoms with Gasteiger partial charge in [0, 0.05) is 11.0 Å². The first-order chi connectivity index (χ1) is 10.2. The fourth-order valence-electron chi connectivity index (χ4n) is 1.60. The lowest BCUT2D eigenvalue weighted by atomic mass is 10.2. The van der Waals surface area contributed by atoms with E-state index >= 15 is 0 Å². The highest BCUT2D eigenvalue weighted by Crippen LogP contribution is 2.35. The third kappa shape index (κ3) is 3.74. The Hall–Kier alpha value is -1.68. The molecule has 2 rings (SSSR count). The van der Waals surface area contributed by atoms with Gasteiger partial charge in [0.25, 0.3) is 5.91 Å². The zero-order valence-corrected chi connectivity index (χ0v) is 13.1. The summed E-state index contributed by atoms with van der Waals surface area (Å²) < 4.78 is 51.6. The molecule has 1 aromatic carbocycles. The van der Waals surface area contributed by atoms with Crippen molar-refractivity contribution in [2.24, 2.45) is 0 Å². The number of carbonyl (C=O) groups is 1. The summed E-state index contributed by atoms with van der Waals surface area (Å²) in [5, 5.41) is 1.98. The largest absolute Gasteiger partial charge is 0.435 e. The van der Waals surface area contributed by atoms with Crippen molar-refractivity contribution in [1.82, 2.24) is 10.3 Å². The number of benzene rings is 1. The molecule has 3 N–H and O–H groups in total. The number of thiazole rings is 1. The van der Waals surface area contributed by atoms with Gasteiger partial charge in [-0.1, -0.05) is 33.3 Å². The van der Waals surface area contributed by atoms with Crippen molar-refractivity contribution >= 4 is 38.3 Å². The van der Waals surface area contributed by atoms with E-state index in [-0.39, 0.29) is 11.7 Å². The molecule has 0 aliphatic rings. The Kier molecular flexibility index (Phi) is 4.71. The molecule has 0 saturated heterocycles. The average molecular weight is 398 g/mol. The molecule has 10 heteroatoms. The first kappa shape index (κ1) is 16.7. The van der Waals surface area contributed by atoms with E-state index in [1.54, 1.807) is 0 Å². The predicted molar refractivity (Wildman–Crippen MR) is 76.8 cm³/mol. The second-order valence-electron chi connectivity index (χ2n) is 4.15. The van der Waals surface area contributed by atoms with E-state index in [2.05, 4.69) is 26.2 Å². The van der Waals surface area contributed by atoms with Gasteiger partial charge in [0.2, 0.25) is 0 Å². The Morgan fingerprint density at radius 2 is 2.09 bits per heavy atom. The minimum atomic E-state index is -4.77. The van der Waals surface area contributed by atoms with Gasteiger partial charge in [0.1, 0.15) is 10.7 Å². The third-order valence-electron chi connectivity index (χ3n) is 2.57. The van der Waals surface area contributed by atoms with Crippen LogP contribution in [0.5, 0.6) is 0 Å². The van der Waals surface area contributed by atoms with Gasteiger partial charge in [-0.2, -0.15) is 13.2 Å². The molecule has 0 saturated carbocycles. The van der Waals surface area contributed by atoms with Gasteiger partial charge in [-0.25, -0.2) is 9.37 Å². The topological polar surface area (TPSA) is 68.0 Å². The number of carbonyl (C=O) groups excluding carboxylic acids is 1. The van der Waals surface area contributed by atoms with Crippen LogP contribution in [-0.4, -0.2) is 10.9 Å². The van der Waals surface area contributed by atoms with Crippen LogP contribution < -0.4 is 11.1 Å². The minimum Gasteiger partial charge on any atom is -0.375 e. The molecule has 118 valence electrons. The molecule has 0 aliphatic carbocycles. The standard InChI is InChI=1S/C12H8BrF4N3OS/c13-7-3-6(14)2-1-5(7)4-19-10(21)8-9(12(15,16)17)20-11(18)22-8/h1-3H,4H2,(H2,18,20)(H,19,21). The lowest BCUT2D eigenvalue weighted by Gasteiger charge is -2.08. The molecule has 0 bridgehead atoms. The van der Waals surface area contributed by atoms with Crippen molar-refractivity contribution in [2.45, 2.75) is 12.7 Å². The normalized spacial score (nSPS) is 11.5. The maximum Gasteiger partial charge on any atom is 0.435 e.